The molecule has 0 aromatic heterocycles. The van der Waals surface area contributed by atoms with Crippen molar-refractivity contribution in [2.75, 3.05) is 59.0 Å². The summed E-state index contributed by atoms with van der Waals surface area (Å²) in [5.74, 6) is 0.278. The predicted octanol–water partition coefficient (Wildman–Crippen LogP) is -0.391. The van der Waals surface area contributed by atoms with Gasteiger partial charge >= 0.3 is 0 Å². The highest BCUT2D eigenvalue weighted by molar-refractivity contribution is 5.78. The lowest BCUT2D eigenvalue weighted by atomic mass is 10.1. The first kappa shape index (κ1) is 13.8. The summed E-state index contributed by atoms with van der Waals surface area (Å²) in [5, 5.41) is 8.88. The molecule has 0 aliphatic carbocycles. The Labute approximate surface area is 109 Å². The average molecular weight is 255 g/mol. The summed E-state index contributed by atoms with van der Waals surface area (Å²) in [4.78, 5) is 18.6. The largest absolute Gasteiger partial charge is 0.395 e. The van der Waals surface area contributed by atoms with Gasteiger partial charge in [-0.3, -0.25) is 14.6 Å². The van der Waals surface area contributed by atoms with Gasteiger partial charge in [0.2, 0.25) is 5.91 Å². The third-order valence-electron chi connectivity index (χ3n) is 3.95. The van der Waals surface area contributed by atoms with Gasteiger partial charge in [0.15, 0.2) is 0 Å². The number of nitrogens with zero attached hydrogens (tertiary/aromatic N) is 3. The van der Waals surface area contributed by atoms with Gasteiger partial charge in [0, 0.05) is 32.7 Å². The van der Waals surface area contributed by atoms with Crippen LogP contribution in [0.3, 0.4) is 0 Å². The molecule has 0 radical (unpaired) electrons. The first-order valence-electron chi connectivity index (χ1n) is 7.13. The molecular formula is C13H25N3O2. The van der Waals surface area contributed by atoms with E-state index in [1.165, 1.54) is 19.3 Å². The summed E-state index contributed by atoms with van der Waals surface area (Å²) in [5.41, 5.74) is 0. The molecule has 2 rings (SSSR count). The molecule has 0 spiro atoms. The zero-order valence-electron chi connectivity index (χ0n) is 11.2. The van der Waals surface area contributed by atoms with Crippen LogP contribution in [0, 0.1) is 0 Å². The molecular weight excluding hydrogens is 230 g/mol. The molecule has 0 bridgehead atoms. The molecule has 5 nitrogen and oxygen atoms in total. The number of carbonyl (C=O) groups excluding carboxylic acids is 1. The summed E-state index contributed by atoms with van der Waals surface area (Å²) >= 11 is 0. The lowest BCUT2D eigenvalue weighted by Gasteiger charge is -2.36. The van der Waals surface area contributed by atoms with Crippen molar-refractivity contribution in [2.24, 2.45) is 0 Å². The zero-order chi connectivity index (χ0) is 12.8. The van der Waals surface area contributed by atoms with Crippen molar-refractivity contribution in [2.45, 2.75) is 19.3 Å². The van der Waals surface area contributed by atoms with Gasteiger partial charge in [0.05, 0.1) is 13.2 Å². The van der Waals surface area contributed by atoms with E-state index in [1.54, 1.807) is 0 Å². The van der Waals surface area contributed by atoms with Gasteiger partial charge < -0.3 is 10.0 Å². The van der Waals surface area contributed by atoms with Crippen molar-refractivity contribution in [1.29, 1.82) is 0 Å². The van der Waals surface area contributed by atoms with Crippen molar-refractivity contribution < 1.29 is 9.90 Å². The van der Waals surface area contributed by atoms with Crippen LogP contribution >= 0.6 is 0 Å². The number of aliphatic hydroxyl groups excluding tert-OH is 1. The predicted molar refractivity (Wildman–Crippen MR) is 70.4 cm³/mol. The lowest BCUT2D eigenvalue weighted by Crippen LogP contribution is -2.52. The summed E-state index contributed by atoms with van der Waals surface area (Å²) in [6.07, 6.45) is 3.78. The average Bonchev–Trinajstić information content (AvgIpc) is 2.41. The molecule has 5 heteroatoms. The Morgan fingerprint density at radius 3 is 2.17 bits per heavy atom. The van der Waals surface area contributed by atoms with Gasteiger partial charge in [0.1, 0.15) is 0 Å². The fraction of sp³-hybridized carbons (Fsp3) is 0.923. The zero-order valence-corrected chi connectivity index (χ0v) is 11.2. The first-order chi connectivity index (χ1) is 8.79. The minimum atomic E-state index is 0.210. The standard InChI is InChI=1S/C13H25N3O2/c17-11-10-14-6-8-16(9-7-14)13(18)12-15-4-2-1-3-5-15/h17H,1-12H2. The van der Waals surface area contributed by atoms with Crippen LogP contribution in [0.15, 0.2) is 0 Å². The molecule has 2 saturated heterocycles. The lowest BCUT2D eigenvalue weighted by molar-refractivity contribution is -0.134. The van der Waals surface area contributed by atoms with Gasteiger partial charge in [-0.05, 0) is 25.9 Å². The minimum absolute atomic E-state index is 0.210. The van der Waals surface area contributed by atoms with Gasteiger partial charge in [-0.15, -0.1) is 0 Å². The Morgan fingerprint density at radius 1 is 0.889 bits per heavy atom. The fourth-order valence-corrected chi connectivity index (χ4v) is 2.77. The number of likely N-dealkylation sites (tertiary alicyclic amines) is 1. The molecule has 1 amide bonds. The molecule has 104 valence electrons. The summed E-state index contributed by atoms with van der Waals surface area (Å²) < 4.78 is 0. The second kappa shape index (κ2) is 7.07. The van der Waals surface area contributed by atoms with E-state index >= 15 is 0 Å². The van der Waals surface area contributed by atoms with E-state index in [1.807, 2.05) is 4.90 Å². The Morgan fingerprint density at radius 2 is 1.56 bits per heavy atom. The van der Waals surface area contributed by atoms with E-state index in [4.69, 9.17) is 5.11 Å². The normalized spacial score (nSPS) is 23.3. The number of carbonyl (C=O) groups is 1. The minimum Gasteiger partial charge on any atom is -0.395 e. The van der Waals surface area contributed by atoms with Crippen LogP contribution in [0.1, 0.15) is 19.3 Å². The van der Waals surface area contributed by atoms with Gasteiger partial charge in [-0.2, -0.15) is 0 Å². The maximum Gasteiger partial charge on any atom is 0.236 e. The second-order valence-corrected chi connectivity index (χ2v) is 5.28. The van der Waals surface area contributed by atoms with Crippen LogP contribution in [-0.4, -0.2) is 84.7 Å². The Balaban J connectivity index is 1.70. The SMILES string of the molecule is O=C(CN1CCCCC1)N1CCN(CCO)CC1. The summed E-state index contributed by atoms with van der Waals surface area (Å²) in [7, 11) is 0. The monoisotopic (exact) mass is 255 g/mol. The van der Waals surface area contributed by atoms with Crippen molar-refractivity contribution >= 4 is 5.91 Å². The molecule has 1 N–H and O–H groups in total. The molecule has 2 heterocycles. The van der Waals surface area contributed by atoms with Crippen LogP contribution in [-0.2, 0) is 4.79 Å². The Hall–Kier alpha value is -0.650. The van der Waals surface area contributed by atoms with E-state index in [9.17, 15) is 4.79 Å². The number of β-amino-alcohol motifs (C(OH)–C–C–N with tert-alkyl or cyclic N) is 1. The van der Waals surface area contributed by atoms with Crippen molar-refractivity contribution in [3.05, 3.63) is 0 Å². The molecule has 0 atom stereocenters. The highest BCUT2D eigenvalue weighted by Gasteiger charge is 2.22. The highest BCUT2D eigenvalue weighted by Crippen LogP contribution is 2.09. The molecule has 18 heavy (non-hydrogen) atoms. The van der Waals surface area contributed by atoms with Gasteiger partial charge in [-0.1, -0.05) is 6.42 Å². The Bertz CT molecular complexity index is 259. The number of piperazine rings is 1. The van der Waals surface area contributed by atoms with Gasteiger partial charge in [-0.25, -0.2) is 0 Å². The van der Waals surface area contributed by atoms with Crippen LogP contribution < -0.4 is 0 Å². The van der Waals surface area contributed by atoms with Crippen LogP contribution in [0.5, 0.6) is 0 Å². The second-order valence-electron chi connectivity index (χ2n) is 5.28. The molecule has 2 aliphatic heterocycles. The first-order valence-corrected chi connectivity index (χ1v) is 7.13. The molecule has 0 saturated carbocycles. The quantitative estimate of drug-likeness (QED) is 0.743. The van der Waals surface area contributed by atoms with E-state index in [0.29, 0.717) is 6.54 Å². The maximum absolute atomic E-state index is 12.1. The van der Waals surface area contributed by atoms with Crippen LogP contribution in [0.25, 0.3) is 0 Å². The Kier molecular flexibility index (Phi) is 5.41. The van der Waals surface area contributed by atoms with Crippen LogP contribution in [0.2, 0.25) is 0 Å². The summed E-state index contributed by atoms with van der Waals surface area (Å²) in [6.45, 7) is 7.11. The van der Waals surface area contributed by atoms with E-state index in [-0.39, 0.29) is 12.5 Å². The summed E-state index contributed by atoms with van der Waals surface area (Å²) in [6, 6.07) is 0. The fourth-order valence-electron chi connectivity index (χ4n) is 2.77. The third kappa shape index (κ3) is 3.93. The number of piperidine rings is 1. The molecule has 0 unspecified atom stereocenters. The van der Waals surface area contributed by atoms with Crippen molar-refractivity contribution in [1.82, 2.24) is 14.7 Å². The topological polar surface area (TPSA) is 47.0 Å². The molecule has 2 fully saturated rings. The van der Waals surface area contributed by atoms with E-state index in [0.717, 1.165) is 45.8 Å². The smallest absolute Gasteiger partial charge is 0.236 e. The highest BCUT2D eigenvalue weighted by atomic mass is 16.3. The van der Waals surface area contributed by atoms with E-state index in [2.05, 4.69) is 9.80 Å². The van der Waals surface area contributed by atoms with Crippen molar-refractivity contribution in [3.8, 4) is 0 Å². The number of hydrogen-bond donors (Lipinski definition) is 1. The maximum atomic E-state index is 12.1. The molecule has 0 aromatic carbocycles. The van der Waals surface area contributed by atoms with Crippen LogP contribution in [0.4, 0.5) is 0 Å². The number of hydrogen-bond acceptors (Lipinski definition) is 4. The number of amides is 1. The molecule has 0 aromatic rings. The number of aliphatic hydroxyl groups is 1. The number of rotatable bonds is 4. The molecule has 2 aliphatic rings. The van der Waals surface area contributed by atoms with Gasteiger partial charge in [0.25, 0.3) is 0 Å². The third-order valence-corrected chi connectivity index (χ3v) is 3.95. The van der Waals surface area contributed by atoms with E-state index < -0.39 is 0 Å². The van der Waals surface area contributed by atoms with Crippen molar-refractivity contribution in [3.63, 3.8) is 0 Å².